The zero-order valence-corrected chi connectivity index (χ0v) is 13.7. The number of pyridine rings is 1. The van der Waals surface area contributed by atoms with Crippen LogP contribution < -0.4 is 5.56 Å². The molecule has 0 saturated carbocycles. The number of carbonyl (C=O) groups excluding carboxylic acids is 1. The summed E-state index contributed by atoms with van der Waals surface area (Å²) < 4.78 is 6.40. The van der Waals surface area contributed by atoms with Crippen molar-refractivity contribution in [3.05, 3.63) is 39.0 Å². The lowest BCUT2D eigenvalue weighted by molar-refractivity contribution is -0.138. The van der Waals surface area contributed by atoms with Gasteiger partial charge in [-0.15, -0.1) is 0 Å². The smallest absolute Gasteiger partial charge is 0.343 e. The fourth-order valence-electron chi connectivity index (χ4n) is 2.58. The van der Waals surface area contributed by atoms with E-state index in [0.717, 1.165) is 24.8 Å². The number of hydrogen-bond acceptors (Lipinski definition) is 6. The zero-order chi connectivity index (χ0) is 17.7. The van der Waals surface area contributed by atoms with Crippen LogP contribution in [0.25, 0.3) is 0 Å². The molecule has 0 spiro atoms. The van der Waals surface area contributed by atoms with E-state index in [2.05, 4.69) is 11.1 Å². The molecule has 0 aliphatic carbocycles. The third-order valence-corrected chi connectivity index (χ3v) is 3.77. The van der Waals surface area contributed by atoms with Crippen molar-refractivity contribution in [1.82, 2.24) is 4.57 Å². The average molecular weight is 329 g/mol. The number of aliphatic hydroxyl groups is 1. The van der Waals surface area contributed by atoms with E-state index in [0.29, 0.717) is 18.5 Å². The number of fused-ring (bicyclic) bond motifs is 1. The number of aromatic nitrogens is 1. The normalized spacial score (nSPS) is 14.7. The Morgan fingerprint density at radius 2 is 2.29 bits per heavy atom. The molecule has 1 aliphatic heterocycles. The van der Waals surface area contributed by atoms with Crippen LogP contribution >= 0.6 is 0 Å². The van der Waals surface area contributed by atoms with Crippen molar-refractivity contribution in [1.29, 1.82) is 5.26 Å². The van der Waals surface area contributed by atoms with E-state index in [1.807, 2.05) is 0 Å². The number of nitrogens with zero attached hydrogens (tertiary/aromatic N) is 3. The first-order chi connectivity index (χ1) is 11.5. The first kappa shape index (κ1) is 17.5. The number of nitriles is 1. The highest BCUT2D eigenvalue weighted by molar-refractivity contribution is 6.10. The zero-order valence-electron chi connectivity index (χ0n) is 13.7. The largest absolute Gasteiger partial charge is 0.512 e. The van der Waals surface area contributed by atoms with Gasteiger partial charge in [-0.05, 0) is 39.2 Å². The van der Waals surface area contributed by atoms with Crippen LogP contribution in [0.15, 0.2) is 27.2 Å². The third kappa shape index (κ3) is 3.54. The van der Waals surface area contributed by atoms with Gasteiger partial charge in [-0.25, -0.2) is 9.79 Å². The summed E-state index contributed by atoms with van der Waals surface area (Å²) in [5, 5.41) is 18.9. The molecule has 1 N–H and O–H groups in total. The second-order valence-corrected chi connectivity index (χ2v) is 5.39. The lowest BCUT2D eigenvalue weighted by Gasteiger charge is -2.19. The predicted octanol–water partition coefficient (Wildman–Crippen LogP) is 2.15. The van der Waals surface area contributed by atoms with Crippen LogP contribution in [0, 0.1) is 11.3 Å². The minimum Gasteiger partial charge on any atom is -0.512 e. The molecule has 1 aromatic heterocycles. The first-order valence-electron chi connectivity index (χ1n) is 7.77. The summed E-state index contributed by atoms with van der Waals surface area (Å²) in [6.07, 6.45) is 3.59. The number of esters is 1. The summed E-state index contributed by atoms with van der Waals surface area (Å²) in [5.41, 5.74) is 0.757. The Morgan fingerprint density at radius 3 is 2.92 bits per heavy atom. The molecule has 7 nitrogen and oxygen atoms in total. The molecule has 1 aliphatic rings. The maximum atomic E-state index is 12.5. The molecule has 126 valence electrons. The quantitative estimate of drug-likeness (QED) is 0.394. The van der Waals surface area contributed by atoms with Gasteiger partial charge in [0.05, 0.1) is 12.2 Å². The Kier molecular flexibility index (Phi) is 5.53. The second kappa shape index (κ2) is 7.59. The number of hydrogen-bond donors (Lipinski definition) is 1. The fraction of sp³-hybridized carbons (Fsp3) is 0.412. The van der Waals surface area contributed by atoms with E-state index in [-0.39, 0.29) is 29.2 Å². The van der Waals surface area contributed by atoms with Gasteiger partial charge in [-0.3, -0.25) is 4.79 Å². The van der Waals surface area contributed by atoms with Crippen molar-refractivity contribution >= 4 is 17.9 Å². The van der Waals surface area contributed by atoms with Gasteiger partial charge >= 0.3 is 5.97 Å². The summed E-state index contributed by atoms with van der Waals surface area (Å²) in [7, 11) is 0. The minimum atomic E-state index is -0.722. The van der Waals surface area contributed by atoms with Crippen molar-refractivity contribution in [3.8, 4) is 6.07 Å². The molecule has 0 atom stereocenters. The van der Waals surface area contributed by atoms with Crippen molar-refractivity contribution < 1.29 is 14.6 Å². The molecular weight excluding hydrogens is 310 g/mol. The molecule has 0 radical (unpaired) electrons. The number of ether oxygens (including phenoxy) is 1. The van der Waals surface area contributed by atoms with Gasteiger partial charge in [-0.2, -0.15) is 5.26 Å². The summed E-state index contributed by atoms with van der Waals surface area (Å²) in [4.78, 5) is 28.3. The van der Waals surface area contributed by atoms with E-state index in [9.17, 15) is 20.0 Å². The van der Waals surface area contributed by atoms with Crippen molar-refractivity contribution in [2.24, 2.45) is 4.99 Å². The van der Waals surface area contributed by atoms with Crippen LogP contribution in [-0.2, 0) is 22.5 Å². The van der Waals surface area contributed by atoms with E-state index in [1.54, 1.807) is 11.5 Å². The van der Waals surface area contributed by atoms with Gasteiger partial charge in [-0.1, -0.05) is 0 Å². The summed E-state index contributed by atoms with van der Waals surface area (Å²) in [5.74, 6) is -0.976. The molecule has 0 amide bonds. The number of allylic oxidation sites excluding steroid dienone is 1. The van der Waals surface area contributed by atoms with E-state index >= 15 is 0 Å². The third-order valence-electron chi connectivity index (χ3n) is 3.77. The molecule has 0 aromatic carbocycles. The van der Waals surface area contributed by atoms with Gasteiger partial charge in [0.15, 0.2) is 0 Å². The minimum absolute atomic E-state index is 0.0558. The number of aliphatic hydroxyl groups excluding tert-OH is 1. The van der Waals surface area contributed by atoms with Crippen molar-refractivity contribution in [2.75, 3.05) is 6.61 Å². The standard InChI is InChI=1S/C17H19N3O4/c1-3-24-17(23)13(11(2)21)10-19-14-8-12(9-18)15-6-4-5-7-20(15)16(14)22/h8,10,21H,3-7H2,1-2H3/b13-11+,19-10?. The molecule has 2 rings (SSSR count). The van der Waals surface area contributed by atoms with Gasteiger partial charge in [0, 0.05) is 18.5 Å². The first-order valence-corrected chi connectivity index (χ1v) is 7.77. The molecular formula is C17H19N3O4. The Bertz CT molecular complexity index is 808. The SMILES string of the molecule is CCOC(=O)/C(C=Nc1cc(C#N)c2n(c1=O)CCCC2)=C(\C)O. The molecule has 7 heteroatoms. The number of aliphatic imine (C=N–C) groups is 1. The van der Waals surface area contributed by atoms with Crippen molar-refractivity contribution in [2.45, 2.75) is 39.7 Å². The highest BCUT2D eigenvalue weighted by atomic mass is 16.5. The number of rotatable bonds is 4. The van der Waals surface area contributed by atoms with Crippen LogP contribution in [0.5, 0.6) is 0 Å². The van der Waals surface area contributed by atoms with E-state index in [4.69, 9.17) is 4.74 Å². The molecule has 0 unspecified atom stereocenters. The monoisotopic (exact) mass is 329 g/mol. The van der Waals surface area contributed by atoms with E-state index in [1.165, 1.54) is 13.0 Å². The van der Waals surface area contributed by atoms with Crippen LogP contribution in [-0.4, -0.2) is 28.5 Å². The van der Waals surface area contributed by atoms with Crippen LogP contribution in [0.1, 0.15) is 37.9 Å². The molecule has 0 fully saturated rings. The fourth-order valence-corrected chi connectivity index (χ4v) is 2.58. The predicted molar refractivity (Wildman–Crippen MR) is 88.5 cm³/mol. The van der Waals surface area contributed by atoms with Gasteiger partial charge in [0.1, 0.15) is 23.1 Å². The van der Waals surface area contributed by atoms with Gasteiger partial charge in [0.25, 0.3) is 5.56 Å². The molecule has 2 heterocycles. The molecule has 1 aromatic rings. The highest BCUT2D eigenvalue weighted by Gasteiger charge is 2.18. The summed E-state index contributed by atoms with van der Waals surface area (Å²) in [6.45, 7) is 3.68. The summed E-state index contributed by atoms with van der Waals surface area (Å²) >= 11 is 0. The van der Waals surface area contributed by atoms with Gasteiger partial charge < -0.3 is 14.4 Å². The average Bonchev–Trinajstić information content (AvgIpc) is 2.57. The Morgan fingerprint density at radius 1 is 1.54 bits per heavy atom. The van der Waals surface area contributed by atoms with Crippen LogP contribution in [0.2, 0.25) is 0 Å². The second-order valence-electron chi connectivity index (χ2n) is 5.39. The Balaban J connectivity index is 2.46. The molecule has 24 heavy (non-hydrogen) atoms. The van der Waals surface area contributed by atoms with Crippen LogP contribution in [0.3, 0.4) is 0 Å². The lowest BCUT2D eigenvalue weighted by Crippen LogP contribution is -2.27. The Labute approximate surface area is 139 Å². The van der Waals surface area contributed by atoms with E-state index < -0.39 is 5.97 Å². The van der Waals surface area contributed by atoms with Crippen molar-refractivity contribution in [3.63, 3.8) is 0 Å². The number of carbonyl (C=O) groups is 1. The topological polar surface area (TPSA) is 105 Å². The highest BCUT2D eigenvalue weighted by Crippen LogP contribution is 2.20. The molecule has 0 bridgehead atoms. The molecule has 0 saturated heterocycles. The Hall–Kier alpha value is -2.88. The van der Waals surface area contributed by atoms with Gasteiger partial charge in [0.2, 0.25) is 0 Å². The maximum Gasteiger partial charge on any atom is 0.343 e. The summed E-state index contributed by atoms with van der Waals surface area (Å²) in [6, 6.07) is 3.51. The maximum absolute atomic E-state index is 12.5. The van der Waals surface area contributed by atoms with Crippen LogP contribution in [0.4, 0.5) is 5.69 Å². The lowest BCUT2D eigenvalue weighted by atomic mass is 10.0.